The molecule has 118 valence electrons. The van der Waals surface area contributed by atoms with Crippen LogP contribution in [0.1, 0.15) is 30.0 Å². The standard InChI is InChI=1S/C13H18N6O3/c1-4-17-9-11(19(21)22)12(15-17)13(20)16(3)8-10-6-7-14-18(10)5-2/h6-7,9H,4-5,8H2,1-3H3. The molecule has 0 spiro atoms. The lowest BCUT2D eigenvalue weighted by atomic mass is 10.3. The number of nitro groups is 1. The van der Waals surface area contributed by atoms with E-state index in [1.54, 1.807) is 24.9 Å². The molecule has 9 nitrogen and oxygen atoms in total. The van der Waals surface area contributed by atoms with Crippen molar-refractivity contribution in [2.24, 2.45) is 0 Å². The minimum absolute atomic E-state index is 0.142. The highest BCUT2D eigenvalue weighted by Crippen LogP contribution is 2.19. The molecule has 0 atom stereocenters. The van der Waals surface area contributed by atoms with Crippen LogP contribution < -0.4 is 0 Å². The van der Waals surface area contributed by atoms with E-state index in [-0.39, 0.29) is 11.4 Å². The number of aromatic nitrogens is 4. The number of nitrogens with zero attached hydrogens (tertiary/aromatic N) is 6. The van der Waals surface area contributed by atoms with Gasteiger partial charge in [0.1, 0.15) is 6.20 Å². The van der Waals surface area contributed by atoms with Gasteiger partial charge in [0.15, 0.2) is 0 Å². The van der Waals surface area contributed by atoms with E-state index >= 15 is 0 Å². The van der Waals surface area contributed by atoms with Gasteiger partial charge in [-0.05, 0) is 19.9 Å². The van der Waals surface area contributed by atoms with Gasteiger partial charge in [-0.25, -0.2) is 0 Å². The Labute approximate surface area is 127 Å². The molecule has 0 aliphatic heterocycles. The number of hydrogen-bond donors (Lipinski definition) is 0. The van der Waals surface area contributed by atoms with Crippen LogP contribution in [-0.2, 0) is 19.6 Å². The maximum atomic E-state index is 12.4. The van der Waals surface area contributed by atoms with E-state index in [9.17, 15) is 14.9 Å². The molecule has 0 N–H and O–H groups in total. The lowest BCUT2D eigenvalue weighted by Gasteiger charge is -2.16. The predicted octanol–water partition coefficient (Wildman–Crippen LogP) is 1.30. The molecule has 0 saturated carbocycles. The number of carbonyl (C=O) groups excluding carboxylic acids is 1. The van der Waals surface area contributed by atoms with Crippen molar-refractivity contribution in [2.75, 3.05) is 7.05 Å². The Bertz CT molecular complexity index is 690. The van der Waals surface area contributed by atoms with Crippen molar-refractivity contribution in [3.63, 3.8) is 0 Å². The Morgan fingerprint density at radius 3 is 2.73 bits per heavy atom. The molecule has 0 bridgehead atoms. The summed E-state index contributed by atoms with van der Waals surface area (Å²) in [6.45, 7) is 5.21. The summed E-state index contributed by atoms with van der Waals surface area (Å²) < 4.78 is 3.15. The zero-order valence-corrected chi connectivity index (χ0v) is 12.8. The van der Waals surface area contributed by atoms with E-state index in [0.29, 0.717) is 19.6 Å². The van der Waals surface area contributed by atoms with E-state index in [2.05, 4.69) is 10.2 Å². The second-order valence-electron chi connectivity index (χ2n) is 4.78. The highest BCUT2D eigenvalue weighted by molar-refractivity contribution is 5.95. The van der Waals surface area contributed by atoms with Crippen molar-refractivity contribution in [2.45, 2.75) is 33.5 Å². The van der Waals surface area contributed by atoms with Gasteiger partial charge in [0.05, 0.1) is 17.2 Å². The van der Waals surface area contributed by atoms with Gasteiger partial charge in [0, 0.05) is 26.3 Å². The van der Waals surface area contributed by atoms with Gasteiger partial charge in [-0.2, -0.15) is 10.2 Å². The first kappa shape index (κ1) is 15.7. The Hall–Kier alpha value is -2.71. The largest absolute Gasteiger partial charge is 0.334 e. The van der Waals surface area contributed by atoms with Gasteiger partial charge in [0.25, 0.3) is 5.91 Å². The molecule has 22 heavy (non-hydrogen) atoms. The van der Waals surface area contributed by atoms with Gasteiger partial charge in [-0.3, -0.25) is 24.3 Å². The molecular formula is C13H18N6O3. The molecule has 0 aliphatic rings. The molecule has 0 saturated heterocycles. The molecule has 1 amide bonds. The lowest BCUT2D eigenvalue weighted by molar-refractivity contribution is -0.385. The fraction of sp³-hybridized carbons (Fsp3) is 0.462. The normalized spacial score (nSPS) is 10.7. The summed E-state index contributed by atoms with van der Waals surface area (Å²) in [5.74, 6) is -0.484. The van der Waals surface area contributed by atoms with Crippen molar-refractivity contribution >= 4 is 11.6 Å². The van der Waals surface area contributed by atoms with Gasteiger partial charge in [-0.1, -0.05) is 0 Å². The first-order chi connectivity index (χ1) is 10.5. The summed E-state index contributed by atoms with van der Waals surface area (Å²) in [7, 11) is 1.59. The summed E-state index contributed by atoms with van der Waals surface area (Å²) in [6, 6.07) is 1.81. The number of hydrogen-bond acceptors (Lipinski definition) is 5. The number of rotatable bonds is 6. The van der Waals surface area contributed by atoms with Crippen molar-refractivity contribution in [3.05, 3.63) is 40.0 Å². The van der Waals surface area contributed by atoms with Crippen LogP contribution in [0.2, 0.25) is 0 Å². The molecule has 2 heterocycles. The topological polar surface area (TPSA) is 99.1 Å². The maximum Gasteiger partial charge on any atom is 0.320 e. The fourth-order valence-electron chi connectivity index (χ4n) is 2.13. The highest BCUT2D eigenvalue weighted by Gasteiger charge is 2.28. The molecule has 2 rings (SSSR count). The molecule has 2 aromatic rings. The molecular weight excluding hydrogens is 288 g/mol. The molecule has 2 aromatic heterocycles. The third-order valence-corrected chi connectivity index (χ3v) is 3.32. The average Bonchev–Trinajstić information content (AvgIpc) is 3.12. The third-order valence-electron chi connectivity index (χ3n) is 3.32. The van der Waals surface area contributed by atoms with E-state index in [0.717, 1.165) is 5.69 Å². The predicted molar refractivity (Wildman–Crippen MR) is 78.3 cm³/mol. The van der Waals surface area contributed by atoms with E-state index in [1.165, 1.54) is 15.8 Å². The van der Waals surface area contributed by atoms with Crippen LogP contribution in [0.15, 0.2) is 18.5 Å². The summed E-state index contributed by atoms with van der Waals surface area (Å²) in [6.07, 6.45) is 2.93. The Morgan fingerprint density at radius 1 is 1.41 bits per heavy atom. The van der Waals surface area contributed by atoms with Crippen LogP contribution in [0.5, 0.6) is 0 Å². The van der Waals surface area contributed by atoms with Crippen molar-refractivity contribution in [1.82, 2.24) is 24.5 Å². The van der Waals surface area contributed by atoms with Gasteiger partial charge >= 0.3 is 5.69 Å². The Morgan fingerprint density at radius 2 is 2.14 bits per heavy atom. The van der Waals surface area contributed by atoms with Gasteiger partial charge in [0.2, 0.25) is 5.69 Å². The third kappa shape index (κ3) is 2.97. The smallest absolute Gasteiger partial charge is 0.320 e. The fourth-order valence-corrected chi connectivity index (χ4v) is 2.13. The van der Waals surface area contributed by atoms with Crippen LogP contribution in [0, 0.1) is 10.1 Å². The highest BCUT2D eigenvalue weighted by atomic mass is 16.6. The van der Waals surface area contributed by atoms with E-state index in [4.69, 9.17) is 0 Å². The first-order valence-corrected chi connectivity index (χ1v) is 6.95. The number of carbonyl (C=O) groups is 1. The van der Waals surface area contributed by atoms with Crippen LogP contribution >= 0.6 is 0 Å². The zero-order valence-electron chi connectivity index (χ0n) is 12.8. The van der Waals surface area contributed by atoms with E-state index < -0.39 is 10.8 Å². The Balaban J connectivity index is 2.24. The number of amides is 1. The SMILES string of the molecule is CCn1cc([N+](=O)[O-])c(C(=O)N(C)Cc2ccnn2CC)n1. The monoisotopic (exact) mass is 306 g/mol. The summed E-state index contributed by atoms with van der Waals surface area (Å²) in [5, 5.41) is 19.2. The molecule has 0 unspecified atom stereocenters. The van der Waals surface area contributed by atoms with Crippen LogP contribution in [-0.4, -0.2) is 42.3 Å². The molecule has 0 fully saturated rings. The summed E-state index contributed by atoms with van der Waals surface area (Å²) >= 11 is 0. The van der Waals surface area contributed by atoms with Crippen molar-refractivity contribution < 1.29 is 9.72 Å². The number of aryl methyl sites for hydroxylation is 2. The summed E-state index contributed by atoms with van der Waals surface area (Å²) in [5.41, 5.74) is 0.440. The average molecular weight is 306 g/mol. The van der Waals surface area contributed by atoms with E-state index in [1.807, 2.05) is 13.0 Å². The van der Waals surface area contributed by atoms with Crippen LogP contribution in [0.3, 0.4) is 0 Å². The Kier molecular flexibility index (Phi) is 4.54. The van der Waals surface area contributed by atoms with Crippen LogP contribution in [0.4, 0.5) is 5.69 Å². The minimum Gasteiger partial charge on any atom is -0.334 e. The van der Waals surface area contributed by atoms with Gasteiger partial charge < -0.3 is 4.90 Å². The van der Waals surface area contributed by atoms with Crippen molar-refractivity contribution in [3.8, 4) is 0 Å². The zero-order chi connectivity index (χ0) is 16.3. The molecule has 0 radical (unpaired) electrons. The molecule has 0 aliphatic carbocycles. The first-order valence-electron chi connectivity index (χ1n) is 6.95. The molecule has 9 heteroatoms. The maximum absolute atomic E-state index is 12.4. The quantitative estimate of drug-likeness (QED) is 0.591. The summed E-state index contributed by atoms with van der Waals surface area (Å²) in [4.78, 5) is 24.3. The second kappa shape index (κ2) is 6.37. The second-order valence-corrected chi connectivity index (χ2v) is 4.78. The van der Waals surface area contributed by atoms with Crippen molar-refractivity contribution in [1.29, 1.82) is 0 Å². The van der Waals surface area contributed by atoms with Gasteiger partial charge in [-0.15, -0.1) is 0 Å². The molecule has 0 aromatic carbocycles. The lowest BCUT2D eigenvalue weighted by Crippen LogP contribution is -2.28. The minimum atomic E-state index is -0.587. The van der Waals surface area contributed by atoms with Crippen LogP contribution in [0.25, 0.3) is 0 Å².